The third-order valence-corrected chi connectivity index (χ3v) is 3.32. The molecule has 0 heterocycles. The van der Waals surface area contributed by atoms with Gasteiger partial charge in [-0.25, -0.2) is 0 Å². The van der Waals surface area contributed by atoms with E-state index in [1.165, 1.54) is 25.7 Å². The first-order valence-corrected chi connectivity index (χ1v) is 7.74. The predicted molar refractivity (Wildman–Crippen MR) is 74.8 cm³/mol. The monoisotopic (exact) mass is 246 g/mol. The van der Waals surface area contributed by atoms with Gasteiger partial charge in [-0.05, 0) is 25.0 Å². The average Bonchev–Trinajstić information content (AvgIpc) is 2.29. The van der Waals surface area contributed by atoms with Crippen molar-refractivity contribution in [3.63, 3.8) is 0 Å². The molecule has 0 aromatic rings. The standard InChI is InChI=1S/C12H27BO2S/c1-4-7-10-14-13(15-11-8-5-2)16-12-9-6-3/h4-12H2,1-3H3. The van der Waals surface area contributed by atoms with Gasteiger partial charge in [0, 0.05) is 13.2 Å². The van der Waals surface area contributed by atoms with E-state index in [4.69, 9.17) is 9.31 Å². The Kier molecular flexibility index (Phi) is 13.7. The van der Waals surface area contributed by atoms with Crippen LogP contribution in [0.25, 0.3) is 0 Å². The fraction of sp³-hybridized carbons (Fsp3) is 1.00. The minimum Gasteiger partial charge on any atom is -0.402 e. The molecule has 0 bridgehead atoms. The Bertz CT molecular complexity index is 112. The summed E-state index contributed by atoms with van der Waals surface area (Å²) in [6.45, 7) is 8.23. The zero-order chi connectivity index (χ0) is 12.1. The van der Waals surface area contributed by atoms with Crippen LogP contribution in [-0.2, 0) is 9.31 Å². The molecule has 0 aliphatic carbocycles. The highest BCUT2D eigenvalue weighted by Gasteiger charge is 2.18. The summed E-state index contributed by atoms with van der Waals surface area (Å²) in [4.78, 5) is 0. The highest BCUT2D eigenvalue weighted by Crippen LogP contribution is 2.13. The molecule has 0 unspecified atom stereocenters. The molecule has 16 heavy (non-hydrogen) atoms. The lowest BCUT2D eigenvalue weighted by Gasteiger charge is -2.13. The van der Waals surface area contributed by atoms with Gasteiger partial charge in [-0.1, -0.05) is 40.0 Å². The Hall–Kier alpha value is 0.335. The smallest absolute Gasteiger partial charge is 0.402 e. The van der Waals surface area contributed by atoms with Gasteiger partial charge in [0.05, 0.1) is 0 Å². The lowest BCUT2D eigenvalue weighted by Crippen LogP contribution is -2.21. The molecule has 0 saturated heterocycles. The van der Waals surface area contributed by atoms with Crippen molar-refractivity contribution in [1.82, 2.24) is 0 Å². The minimum absolute atomic E-state index is 0.0374. The molecule has 0 spiro atoms. The molecule has 96 valence electrons. The lowest BCUT2D eigenvalue weighted by atomic mass is 10.3. The summed E-state index contributed by atoms with van der Waals surface area (Å²) in [6, 6.07) is 0. The average molecular weight is 246 g/mol. The zero-order valence-electron chi connectivity index (χ0n) is 11.2. The normalized spacial score (nSPS) is 10.7. The van der Waals surface area contributed by atoms with E-state index in [1.54, 1.807) is 11.6 Å². The summed E-state index contributed by atoms with van der Waals surface area (Å²) in [5.74, 6) is 1.14. The molecule has 0 atom stereocenters. The highest BCUT2D eigenvalue weighted by atomic mass is 32.2. The van der Waals surface area contributed by atoms with Gasteiger partial charge in [-0.2, -0.15) is 0 Å². The highest BCUT2D eigenvalue weighted by molar-refractivity contribution is 8.24. The van der Waals surface area contributed by atoms with E-state index in [0.717, 1.165) is 31.8 Å². The fourth-order valence-electron chi connectivity index (χ4n) is 1.12. The van der Waals surface area contributed by atoms with Gasteiger partial charge in [0.2, 0.25) is 0 Å². The van der Waals surface area contributed by atoms with Gasteiger partial charge in [-0.15, -0.1) is 11.6 Å². The van der Waals surface area contributed by atoms with E-state index in [9.17, 15) is 0 Å². The molecular formula is C12H27BO2S. The molecule has 0 aliphatic rings. The van der Waals surface area contributed by atoms with Crippen LogP contribution < -0.4 is 0 Å². The van der Waals surface area contributed by atoms with Crippen LogP contribution in [0, 0.1) is 0 Å². The second-order valence-electron chi connectivity index (χ2n) is 3.96. The second-order valence-corrected chi connectivity index (χ2v) is 5.09. The predicted octanol–water partition coefficient (Wildman–Crippen LogP) is 4.14. The van der Waals surface area contributed by atoms with Crippen molar-refractivity contribution in [3.05, 3.63) is 0 Å². The summed E-state index contributed by atoms with van der Waals surface area (Å²) in [5, 5.41) is 0. The van der Waals surface area contributed by atoms with Gasteiger partial charge in [0.15, 0.2) is 0 Å². The van der Waals surface area contributed by atoms with E-state index >= 15 is 0 Å². The Labute approximate surface area is 106 Å². The van der Waals surface area contributed by atoms with Crippen molar-refractivity contribution >= 4 is 18.0 Å². The number of unbranched alkanes of at least 4 members (excludes halogenated alkanes) is 3. The molecule has 0 aromatic heterocycles. The largest absolute Gasteiger partial charge is 0.531 e. The van der Waals surface area contributed by atoms with E-state index in [0.29, 0.717) is 0 Å². The number of hydrogen-bond acceptors (Lipinski definition) is 3. The Morgan fingerprint density at radius 2 is 1.31 bits per heavy atom. The van der Waals surface area contributed by atoms with Crippen molar-refractivity contribution in [1.29, 1.82) is 0 Å². The van der Waals surface area contributed by atoms with Crippen LogP contribution in [0.4, 0.5) is 0 Å². The molecule has 2 nitrogen and oxygen atoms in total. The Balaban J connectivity index is 3.58. The molecule has 0 radical (unpaired) electrons. The van der Waals surface area contributed by atoms with Gasteiger partial charge >= 0.3 is 6.40 Å². The molecule has 0 aliphatic heterocycles. The quantitative estimate of drug-likeness (QED) is 0.381. The van der Waals surface area contributed by atoms with E-state index in [-0.39, 0.29) is 6.40 Å². The number of hydrogen-bond donors (Lipinski definition) is 0. The third-order valence-electron chi connectivity index (χ3n) is 2.26. The first kappa shape index (κ1) is 16.3. The molecule has 0 aromatic carbocycles. The van der Waals surface area contributed by atoms with Crippen molar-refractivity contribution in [2.45, 2.75) is 59.3 Å². The van der Waals surface area contributed by atoms with Crippen molar-refractivity contribution in [2.75, 3.05) is 19.0 Å². The summed E-state index contributed by atoms with van der Waals surface area (Å²) in [5.41, 5.74) is 0. The molecule has 0 fully saturated rings. The summed E-state index contributed by atoms with van der Waals surface area (Å²) in [7, 11) is 0. The Morgan fingerprint density at radius 1 is 0.812 bits per heavy atom. The number of rotatable bonds is 12. The van der Waals surface area contributed by atoms with Gasteiger partial charge in [0.25, 0.3) is 0 Å². The molecule has 0 amide bonds. The first-order chi connectivity index (χ1) is 7.85. The van der Waals surface area contributed by atoms with Crippen molar-refractivity contribution in [3.8, 4) is 0 Å². The van der Waals surface area contributed by atoms with E-state index in [2.05, 4.69) is 20.8 Å². The molecular weight excluding hydrogens is 219 g/mol. The molecule has 0 rings (SSSR count). The van der Waals surface area contributed by atoms with Crippen LogP contribution in [-0.4, -0.2) is 25.4 Å². The van der Waals surface area contributed by atoms with Crippen LogP contribution in [0.1, 0.15) is 59.3 Å². The van der Waals surface area contributed by atoms with Crippen molar-refractivity contribution in [2.24, 2.45) is 0 Å². The van der Waals surface area contributed by atoms with Gasteiger partial charge in [-0.3, -0.25) is 0 Å². The SMILES string of the molecule is CCCCOB(OCCCC)SCCCC. The maximum Gasteiger partial charge on any atom is 0.531 e. The minimum atomic E-state index is -0.0374. The topological polar surface area (TPSA) is 18.5 Å². The Morgan fingerprint density at radius 3 is 1.75 bits per heavy atom. The van der Waals surface area contributed by atoms with Crippen molar-refractivity contribution < 1.29 is 9.31 Å². The molecule has 4 heteroatoms. The zero-order valence-corrected chi connectivity index (χ0v) is 12.0. The van der Waals surface area contributed by atoms with Gasteiger partial charge < -0.3 is 9.31 Å². The van der Waals surface area contributed by atoms with Crippen LogP contribution in [0.3, 0.4) is 0 Å². The van der Waals surface area contributed by atoms with Crippen LogP contribution in [0.5, 0.6) is 0 Å². The summed E-state index contributed by atoms with van der Waals surface area (Å²) < 4.78 is 11.4. The van der Waals surface area contributed by atoms with Crippen LogP contribution in [0.2, 0.25) is 0 Å². The van der Waals surface area contributed by atoms with Crippen LogP contribution >= 0.6 is 11.6 Å². The molecule has 0 saturated carbocycles. The fourth-order valence-corrected chi connectivity index (χ4v) is 2.15. The maximum absolute atomic E-state index is 5.72. The second kappa shape index (κ2) is 13.4. The first-order valence-electron chi connectivity index (χ1n) is 6.69. The summed E-state index contributed by atoms with van der Waals surface area (Å²) in [6.07, 6.45) is 7.07. The molecule has 0 N–H and O–H groups in total. The maximum atomic E-state index is 5.72. The van der Waals surface area contributed by atoms with E-state index < -0.39 is 0 Å². The summed E-state index contributed by atoms with van der Waals surface area (Å²) >= 11 is 1.80. The van der Waals surface area contributed by atoms with Gasteiger partial charge in [0.1, 0.15) is 0 Å². The lowest BCUT2D eigenvalue weighted by molar-refractivity contribution is 0.209. The van der Waals surface area contributed by atoms with Crippen LogP contribution in [0.15, 0.2) is 0 Å². The van der Waals surface area contributed by atoms with E-state index in [1.807, 2.05) is 0 Å². The third kappa shape index (κ3) is 10.8.